The normalized spacial score (nSPS) is 17.9. The Bertz CT molecular complexity index is 424. The predicted octanol–water partition coefficient (Wildman–Crippen LogP) is 3.69. The van der Waals surface area contributed by atoms with Gasteiger partial charge in [-0.2, -0.15) is 0 Å². The van der Waals surface area contributed by atoms with E-state index in [1.165, 1.54) is 24.6 Å². The van der Waals surface area contributed by atoms with Crippen LogP contribution in [0.4, 0.5) is 8.78 Å². The highest BCUT2D eigenvalue weighted by molar-refractivity contribution is 5.21. The van der Waals surface area contributed by atoms with Crippen LogP contribution in [-0.2, 0) is 11.2 Å². The number of rotatable bonds is 7. The van der Waals surface area contributed by atoms with Gasteiger partial charge in [-0.25, -0.2) is 8.78 Å². The zero-order valence-electron chi connectivity index (χ0n) is 12.8. The van der Waals surface area contributed by atoms with Crippen LogP contribution in [0.25, 0.3) is 0 Å². The molecule has 0 radical (unpaired) electrons. The first kappa shape index (κ1) is 16.4. The van der Waals surface area contributed by atoms with Gasteiger partial charge in [0.1, 0.15) is 11.6 Å². The highest BCUT2D eigenvalue weighted by atomic mass is 19.1. The van der Waals surface area contributed by atoms with Crippen molar-refractivity contribution in [1.29, 1.82) is 0 Å². The first-order chi connectivity index (χ1) is 10.2. The van der Waals surface area contributed by atoms with Gasteiger partial charge >= 0.3 is 0 Å². The molecule has 1 fully saturated rings. The average molecular weight is 297 g/mol. The maximum atomic E-state index is 13.9. The number of nitrogens with one attached hydrogen (secondary N) is 1. The SMILES string of the molecule is COCCNCC1(Cc2c(F)cccc2F)CCCCC1. The smallest absolute Gasteiger partial charge is 0.129 e. The molecule has 1 saturated carbocycles. The van der Waals surface area contributed by atoms with Crippen molar-refractivity contribution in [2.45, 2.75) is 38.5 Å². The molecular formula is C17H25F2NO. The molecule has 1 aromatic carbocycles. The molecule has 1 aliphatic rings. The molecule has 118 valence electrons. The quantitative estimate of drug-likeness (QED) is 0.775. The first-order valence-corrected chi connectivity index (χ1v) is 7.79. The summed E-state index contributed by atoms with van der Waals surface area (Å²) >= 11 is 0. The monoisotopic (exact) mass is 297 g/mol. The summed E-state index contributed by atoms with van der Waals surface area (Å²) in [5, 5.41) is 3.39. The van der Waals surface area contributed by atoms with Gasteiger partial charge in [0.05, 0.1) is 6.61 Å². The number of hydrogen-bond acceptors (Lipinski definition) is 2. The predicted molar refractivity (Wildman–Crippen MR) is 80.3 cm³/mol. The molecule has 21 heavy (non-hydrogen) atoms. The van der Waals surface area contributed by atoms with Gasteiger partial charge in [-0.15, -0.1) is 0 Å². The number of benzene rings is 1. The van der Waals surface area contributed by atoms with Gasteiger partial charge < -0.3 is 10.1 Å². The van der Waals surface area contributed by atoms with Crippen molar-refractivity contribution >= 4 is 0 Å². The summed E-state index contributed by atoms with van der Waals surface area (Å²) in [6.45, 7) is 2.23. The molecule has 0 unspecified atom stereocenters. The van der Waals surface area contributed by atoms with E-state index >= 15 is 0 Å². The summed E-state index contributed by atoms with van der Waals surface area (Å²) < 4.78 is 32.9. The molecule has 0 aliphatic heterocycles. The number of hydrogen-bond donors (Lipinski definition) is 1. The van der Waals surface area contributed by atoms with Crippen LogP contribution in [-0.4, -0.2) is 26.8 Å². The second-order valence-corrected chi connectivity index (χ2v) is 6.11. The Morgan fingerprint density at radius 1 is 1.14 bits per heavy atom. The van der Waals surface area contributed by atoms with Crippen LogP contribution in [0, 0.1) is 17.0 Å². The summed E-state index contributed by atoms with van der Waals surface area (Å²) in [7, 11) is 1.67. The van der Waals surface area contributed by atoms with Crippen molar-refractivity contribution in [2.75, 3.05) is 26.8 Å². The molecule has 0 heterocycles. The fourth-order valence-electron chi connectivity index (χ4n) is 3.32. The summed E-state index contributed by atoms with van der Waals surface area (Å²) in [6, 6.07) is 4.14. The summed E-state index contributed by atoms with van der Waals surface area (Å²) in [6.07, 6.45) is 6.04. The number of ether oxygens (including phenoxy) is 1. The topological polar surface area (TPSA) is 21.3 Å². The van der Waals surface area contributed by atoms with Crippen molar-refractivity contribution in [3.05, 3.63) is 35.4 Å². The van der Waals surface area contributed by atoms with Crippen molar-refractivity contribution in [3.63, 3.8) is 0 Å². The van der Waals surface area contributed by atoms with E-state index in [2.05, 4.69) is 5.32 Å². The highest BCUT2D eigenvalue weighted by Crippen LogP contribution is 2.39. The van der Waals surface area contributed by atoms with Gasteiger partial charge in [-0.3, -0.25) is 0 Å². The van der Waals surface area contributed by atoms with Gasteiger partial charge in [-0.1, -0.05) is 25.3 Å². The van der Waals surface area contributed by atoms with Crippen molar-refractivity contribution < 1.29 is 13.5 Å². The van der Waals surface area contributed by atoms with Gasteiger partial charge in [0.25, 0.3) is 0 Å². The minimum Gasteiger partial charge on any atom is -0.383 e. The van der Waals surface area contributed by atoms with E-state index in [-0.39, 0.29) is 11.0 Å². The molecule has 0 aromatic heterocycles. The van der Waals surface area contributed by atoms with E-state index in [4.69, 9.17) is 4.74 Å². The molecular weight excluding hydrogens is 272 g/mol. The van der Waals surface area contributed by atoms with Gasteiger partial charge in [0.15, 0.2) is 0 Å². The standard InChI is InChI=1S/C17H25F2NO/c1-21-11-10-20-13-17(8-3-2-4-9-17)12-14-15(18)6-5-7-16(14)19/h5-7,20H,2-4,8-13H2,1H3. The Morgan fingerprint density at radius 2 is 1.81 bits per heavy atom. The molecule has 0 spiro atoms. The van der Waals surface area contributed by atoms with Crippen LogP contribution in [0.2, 0.25) is 0 Å². The summed E-state index contributed by atoms with van der Waals surface area (Å²) in [5.41, 5.74) is 0.211. The van der Waals surface area contributed by atoms with Crippen LogP contribution in [0.15, 0.2) is 18.2 Å². The van der Waals surface area contributed by atoms with Crippen LogP contribution in [0.3, 0.4) is 0 Å². The Kier molecular flexibility index (Phi) is 6.12. The maximum absolute atomic E-state index is 13.9. The van der Waals surface area contributed by atoms with Crippen molar-refractivity contribution in [1.82, 2.24) is 5.32 Å². The van der Waals surface area contributed by atoms with E-state index in [0.717, 1.165) is 38.8 Å². The highest BCUT2D eigenvalue weighted by Gasteiger charge is 2.33. The van der Waals surface area contributed by atoms with E-state index in [1.807, 2.05) is 0 Å². The van der Waals surface area contributed by atoms with Gasteiger partial charge in [0, 0.05) is 25.8 Å². The molecule has 1 aromatic rings. The van der Waals surface area contributed by atoms with Crippen LogP contribution < -0.4 is 5.32 Å². The zero-order valence-corrected chi connectivity index (χ0v) is 12.8. The van der Waals surface area contributed by atoms with Crippen molar-refractivity contribution in [2.24, 2.45) is 5.41 Å². The molecule has 1 N–H and O–H groups in total. The minimum absolute atomic E-state index is 0.0327. The fraction of sp³-hybridized carbons (Fsp3) is 0.647. The summed E-state index contributed by atoms with van der Waals surface area (Å²) in [5.74, 6) is -0.839. The number of methoxy groups -OCH3 is 1. The lowest BCUT2D eigenvalue weighted by atomic mass is 9.70. The van der Waals surface area contributed by atoms with Crippen LogP contribution >= 0.6 is 0 Å². The third kappa shape index (κ3) is 4.48. The Balaban J connectivity index is 2.08. The minimum atomic E-state index is -0.420. The largest absolute Gasteiger partial charge is 0.383 e. The first-order valence-electron chi connectivity index (χ1n) is 7.79. The molecule has 2 rings (SSSR count). The average Bonchev–Trinajstić information content (AvgIpc) is 2.49. The van der Waals surface area contributed by atoms with Gasteiger partial charge in [0.2, 0.25) is 0 Å². The molecule has 2 nitrogen and oxygen atoms in total. The molecule has 0 saturated heterocycles. The fourth-order valence-corrected chi connectivity index (χ4v) is 3.32. The molecule has 4 heteroatoms. The second kappa shape index (κ2) is 7.85. The molecule has 0 atom stereocenters. The zero-order chi connectivity index (χ0) is 15.1. The lowest BCUT2D eigenvalue weighted by molar-refractivity contribution is 0.160. The van der Waals surface area contributed by atoms with E-state index in [9.17, 15) is 8.78 Å². The van der Waals surface area contributed by atoms with Gasteiger partial charge in [-0.05, 0) is 36.8 Å². The van der Waals surface area contributed by atoms with Crippen LogP contribution in [0.1, 0.15) is 37.7 Å². The van der Waals surface area contributed by atoms with Crippen molar-refractivity contribution in [3.8, 4) is 0 Å². The molecule has 0 bridgehead atoms. The molecule has 0 amide bonds. The maximum Gasteiger partial charge on any atom is 0.129 e. The van der Waals surface area contributed by atoms with E-state index < -0.39 is 11.6 Å². The van der Waals surface area contributed by atoms with E-state index in [1.54, 1.807) is 7.11 Å². The van der Waals surface area contributed by atoms with E-state index in [0.29, 0.717) is 13.0 Å². The third-order valence-corrected chi connectivity index (χ3v) is 4.51. The molecule has 1 aliphatic carbocycles. The lowest BCUT2D eigenvalue weighted by Gasteiger charge is -2.38. The Hall–Kier alpha value is -1.00. The van der Waals surface area contributed by atoms with Crippen LogP contribution in [0.5, 0.6) is 0 Å². The Labute approximate surface area is 125 Å². The summed E-state index contributed by atoms with van der Waals surface area (Å²) in [4.78, 5) is 0. The lowest BCUT2D eigenvalue weighted by Crippen LogP contribution is -2.39. The second-order valence-electron chi connectivity index (χ2n) is 6.11. The number of halogens is 2. The third-order valence-electron chi connectivity index (χ3n) is 4.51. The Morgan fingerprint density at radius 3 is 2.43 bits per heavy atom.